The van der Waals surface area contributed by atoms with Crippen LogP contribution in [0.25, 0.3) is 0 Å². The number of amidine groups is 1. The van der Waals surface area contributed by atoms with Crippen molar-refractivity contribution in [2.75, 3.05) is 17.6 Å². The number of aliphatic imine (C=N–C) groups is 1. The van der Waals surface area contributed by atoms with Crippen molar-refractivity contribution in [2.45, 2.75) is 36.0 Å². The van der Waals surface area contributed by atoms with Crippen molar-refractivity contribution >= 4 is 38.4 Å². The number of thioether (sulfide) groups is 1. The zero-order chi connectivity index (χ0) is 25.5. The van der Waals surface area contributed by atoms with Crippen LogP contribution in [0.15, 0.2) is 88.8 Å². The predicted octanol–water partition coefficient (Wildman–Crippen LogP) is 5.20. The van der Waals surface area contributed by atoms with E-state index < -0.39 is 21.7 Å². The van der Waals surface area contributed by atoms with Crippen molar-refractivity contribution in [3.63, 3.8) is 0 Å². The van der Waals surface area contributed by atoms with Gasteiger partial charge in [0.1, 0.15) is 12.4 Å². The minimum absolute atomic E-state index is 0.136. The standard InChI is InChI=1S/C27H28N2O5S2/c1-19-16-28-27(35-19)29-23-9-5-6-20(14-23)17-34-24-10-12-25(13-11-24)36(32,33)18-22(15-26(30)31)21-7-3-2-4-8-21/h2-14,19,22H,15-18H2,1H3,(H,28,29)(H,30,31). The van der Waals surface area contributed by atoms with Gasteiger partial charge in [-0.25, -0.2) is 8.42 Å². The quantitative estimate of drug-likeness (QED) is 0.375. The van der Waals surface area contributed by atoms with Gasteiger partial charge in [-0.15, -0.1) is 0 Å². The molecule has 0 aliphatic carbocycles. The summed E-state index contributed by atoms with van der Waals surface area (Å²) in [7, 11) is -3.70. The van der Waals surface area contributed by atoms with E-state index in [4.69, 9.17) is 4.74 Å². The molecule has 3 aromatic rings. The van der Waals surface area contributed by atoms with Crippen LogP contribution in [0, 0.1) is 0 Å². The average molecular weight is 525 g/mol. The second-order valence-corrected chi connectivity index (χ2v) is 12.1. The molecule has 2 atom stereocenters. The number of nitrogens with one attached hydrogen (secondary N) is 1. The fourth-order valence-electron chi connectivity index (χ4n) is 3.89. The van der Waals surface area contributed by atoms with Crippen molar-refractivity contribution in [2.24, 2.45) is 4.99 Å². The number of ether oxygens (including phenoxy) is 1. The van der Waals surface area contributed by atoms with Crippen LogP contribution < -0.4 is 10.1 Å². The number of hydrogen-bond donors (Lipinski definition) is 2. The smallest absolute Gasteiger partial charge is 0.303 e. The third kappa shape index (κ3) is 7.11. The Hall–Kier alpha value is -3.30. The van der Waals surface area contributed by atoms with Gasteiger partial charge in [0, 0.05) is 16.9 Å². The molecule has 7 nitrogen and oxygen atoms in total. The van der Waals surface area contributed by atoms with Crippen molar-refractivity contribution in [3.8, 4) is 5.75 Å². The molecule has 1 aliphatic heterocycles. The normalized spacial score (nSPS) is 16.2. The van der Waals surface area contributed by atoms with Crippen LogP contribution in [0.2, 0.25) is 0 Å². The van der Waals surface area contributed by atoms with Crippen LogP contribution in [0.3, 0.4) is 0 Å². The van der Waals surface area contributed by atoms with E-state index in [1.807, 2.05) is 30.3 Å². The number of rotatable bonds is 10. The van der Waals surface area contributed by atoms with Gasteiger partial charge in [-0.05, 0) is 47.5 Å². The highest BCUT2D eigenvalue weighted by Gasteiger charge is 2.25. The molecular formula is C27H28N2O5S2. The molecule has 0 bridgehead atoms. The number of anilines is 1. The predicted molar refractivity (Wildman–Crippen MR) is 144 cm³/mol. The van der Waals surface area contributed by atoms with Gasteiger partial charge in [0.2, 0.25) is 0 Å². The molecule has 9 heteroatoms. The Labute approximate surface area is 215 Å². The lowest BCUT2D eigenvalue weighted by Gasteiger charge is -2.16. The number of carboxylic acids is 1. The van der Waals surface area contributed by atoms with Gasteiger partial charge >= 0.3 is 5.97 Å². The Morgan fingerprint density at radius 2 is 1.86 bits per heavy atom. The van der Waals surface area contributed by atoms with Gasteiger partial charge in [-0.3, -0.25) is 9.79 Å². The third-order valence-corrected chi connectivity index (χ3v) is 8.52. The Kier molecular flexibility index (Phi) is 8.32. The highest BCUT2D eigenvalue weighted by Crippen LogP contribution is 2.27. The third-order valence-electron chi connectivity index (χ3n) is 5.68. The topological polar surface area (TPSA) is 105 Å². The van der Waals surface area contributed by atoms with Crippen molar-refractivity contribution < 1.29 is 23.1 Å². The monoisotopic (exact) mass is 524 g/mol. The molecule has 4 rings (SSSR count). The average Bonchev–Trinajstić information content (AvgIpc) is 3.27. The fraction of sp³-hybridized carbons (Fsp3) is 0.259. The minimum Gasteiger partial charge on any atom is -0.489 e. The SMILES string of the molecule is CC1CN=C(Nc2cccc(COc3ccc(S(=O)(=O)CC(CC(=O)O)c4ccccc4)cc3)c2)S1. The number of sulfone groups is 1. The van der Waals surface area contributed by atoms with E-state index in [9.17, 15) is 18.3 Å². The lowest BCUT2D eigenvalue weighted by Crippen LogP contribution is -2.18. The lowest BCUT2D eigenvalue weighted by molar-refractivity contribution is -0.137. The fourth-order valence-corrected chi connectivity index (χ4v) is 6.33. The first kappa shape index (κ1) is 25.8. The van der Waals surface area contributed by atoms with Crippen molar-refractivity contribution in [1.29, 1.82) is 0 Å². The first-order valence-corrected chi connectivity index (χ1v) is 14.1. The zero-order valence-electron chi connectivity index (χ0n) is 19.8. The molecule has 0 amide bonds. The second-order valence-electron chi connectivity index (χ2n) is 8.65. The number of carboxylic acid groups (broad SMARTS) is 1. The van der Waals surface area contributed by atoms with Gasteiger partial charge in [0.15, 0.2) is 15.0 Å². The van der Waals surface area contributed by atoms with Gasteiger partial charge in [0.25, 0.3) is 0 Å². The molecule has 3 aromatic carbocycles. The van der Waals surface area contributed by atoms with E-state index in [0.717, 1.165) is 23.0 Å². The summed E-state index contributed by atoms with van der Waals surface area (Å²) in [6.45, 7) is 3.28. The Balaban J connectivity index is 1.38. The van der Waals surface area contributed by atoms with E-state index >= 15 is 0 Å². The van der Waals surface area contributed by atoms with Crippen LogP contribution in [-0.2, 0) is 21.2 Å². The maximum Gasteiger partial charge on any atom is 0.303 e. The van der Waals surface area contributed by atoms with Crippen LogP contribution in [0.4, 0.5) is 5.69 Å². The maximum absolute atomic E-state index is 13.0. The van der Waals surface area contributed by atoms with E-state index in [2.05, 4.69) is 17.2 Å². The summed E-state index contributed by atoms with van der Waals surface area (Å²) in [5.74, 6) is -1.41. The molecule has 36 heavy (non-hydrogen) atoms. The maximum atomic E-state index is 13.0. The molecule has 1 aliphatic rings. The molecule has 0 spiro atoms. The van der Waals surface area contributed by atoms with Gasteiger partial charge in [0.05, 0.1) is 23.6 Å². The van der Waals surface area contributed by atoms with E-state index in [0.29, 0.717) is 23.2 Å². The van der Waals surface area contributed by atoms with E-state index in [-0.39, 0.29) is 17.1 Å². The summed E-state index contributed by atoms with van der Waals surface area (Å²) in [5, 5.41) is 14.0. The largest absolute Gasteiger partial charge is 0.489 e. The highest BCUT2D eigenvalue weighted by atomic mass is 32.2. The first-order chi connectivity index (χ1) is 17.3. The van der Waals surface area contributed by atoms with Gasteiger partial charge in [-0.2, -0.15) is 0 Å². The molecule has 188 valence electrons. The van der Waals surface area contributed by atoms with E-state index in [1.165, 1.54) is 12.1 Å². The van der Waals surface area contributed by atoms with Crippen LogP contribution in [-0.4, -0.2) is 42.2 Å². The Morgan fingerprint density at radius 3 is 2.53 bits per heavy atom. The lowest BCUT2D eigenvalue weighted by atomic mass is 9.98. The Morgan fingerprint density at radius 1 is 1.11 bits per heavy atom. The molecular weight excluding hydrogens is 496 g/mol. The van der Waals surface area contributed by atoms with Crippen molar-refractivity contribution in [3.05, 3.63) is 90.0 Å². The van der Waals surface area contributed by atoms with Gasteiger partial charge < -0.3 is 15.2 Å². The van der Waals surface area contributed by atoms with Crippen LogP contribution in [0.5, 0.6) is 5.75 Å². The molecule has 0 saturated heterocycles. The molecule has 0 fully saturated rings. The highest BCUT2D eigenvalue weighted by molar-refractivity contribution is 8.15. The molecule has 0 saturated carbocycles. The number of hydrogen-bond acceptors (Lipinski definition) is 7. The second kappa shape index (κ2) is 11.6. The molecule has 1 heterocycles. The van der Waals surface area contributed by atoms with E-state index in [1.54, 1.807) is 48.2 Å². The summed E-state index contributed by atoms with van der Waals surface area (Å²) in [6.07, 6.45) is -0.260. The first-order valence-electron chi connectivity index (χ1n) is 11.6. The summed E-state index contributed by atoms with van der Waals surface area (Å²) in [5.41, 5.74) is 2.59. The number of benzene rings is 3. The van der Waals surface area contributed by atoms with Crippen LogP contribution >= 0.6 is 11.8 Å². The van der Waals surface area contributed by atoms with Gasteiger partial charge in [-0.1, -0.05) is 61.2 Å². The summed E-state index contributed by atoms with van der Waals surface area (Å²) < 4.78 is 31.9. The van der Waals surface area contributed by atoms with Crippen LogP contribution in [0.1, 0.15) is 30.4 Å². The zero-order valence-corrected chi connectivity index (χ0v) is 21.5. The summed E-state index contributed by atoms with van der Waals surface area (Å²) in [4.78, 5) is 15.9. The summed E-state index contributed by atoms with van der Waals surface area (Å²) >= 11 is 1.71. The summed E-state index contributed by atoms with van der Waals surface area (Å²) in [6, 6.07) is 23.0. The number of aliphatic carboxylic acids is 1. The molecule has 0 radical (unpaired) electrons. The molecule has 2 N–H and O–H groups in total. The Bertz CT molecular complexity index is 1330. The van der Waals surface area contributed by atoms with Crippen molar-refractivity contribution in [1.82, 2.24) is 0 Å². The number of carbonyl (C=O) groups is 1. The minimum atomic E-state index is -3.70. The number of nitrogens with zero attached hydrogens (tertiary/aromatic N) is 1. The molecule has 0 aromatic heterocycles. The molecule has 2 unspecified atom stereocenters.